The second kappa shape index (κ2) is 8.37. The minimum absolute atomic E-state index is 0.0341. The van der Waals surface area contributed by atoms with Crippen LogP contribution in [0, 0.1) is 0 Å². The van der Waals surface area contributed by atoms with Crippen LogP contribution in [0.3, 0.4) is 0 Å². The van der Waals surface area contributed by atoms with Crippen LogP contribution in [0.5, 0.6) is 0 Å². The molecule has 0 aliphatic rings. The molecule has 13 heteroatoms. The van der Waals surface area contributed by atoms with Crippen molar-refractivity contribution in [3.63, 3.8) is 0 Å². The fraction of sp³-hybridized carbons (Fsp3) is 0.111. The number of H-pyrrole nitrogens is 1. The van der Waals surface area contributed by atoms with Crippen molar-refractivity contribution in [2.45, 2.75) is 16.6 Å². The lowest BCUT2D eigenvalue weighted by molar-refractivity contribution is -0.118. The van der Waals surface area contributed by atoms with E-state index in [0.717, 1.165) is 11.8 Å². The van der Waals surface area contributed by atoms with Crippen molar-refractivity contribution in [3.05, 3.63) is 65.0 Å². The molecule has 0 aliphatic heterocycles. The first kappa shape index (κ1) is 20.8. The van der Waals surface area contributed by atoms with Crippen LogP contribution in [-0.2, 0) is 21.4 Å². The maximum atomic E-state index is 12.4. The summed E-state index contributed by atoms with van der Waals surface area (Å²) in [5, 5.41) is 12.5. The van der Waals surface area contributed by atoms with E-state index in [1.165, 1.54) is 41.4 Å². The summed E-state index contributed by atoms with van der Waals surface area (Å²) in [4.78, 5) is 31.4. The predicted molar refractivity (Wildman–Crippen MR) is 112 cm³/mol. The van der Waals surface area contributed by atoms with Crippen molar-refractivity contribution in [2.75, 3.05) is 5.75 Å². The summed E-state index contributed by atoms with van der Waals surface area (Å²) < 4.78 is 29.4. The van der Waals surface area contributed by atoms with Gasteiger partial charge in [0.25, 0.3) is 5.56 Å². The van der Waals surface area contributed by atoms with Gasteiger partial charge < -0.3 is 14.7 Å². The lowest BCUT2D eigenvalue weighted by Crippen LogP contribution is -2.24. The number of furan rings is 1. The standard InChI is InChI=1S/C18H16N6O5S2/c19-31(27,28)13-5-3-11(4-6-13)24-16-14(9-21-24)17(26)23-18(22-16)30-10-15(25)20-8-12-2-1-7-29-12/h1-7,9H,8,10H2,(H,20,25)(H2,19,27,28)(H,22,23,26). The number of carbonyl (C=O) groups excluding carboxylic acids is 1. The van der Waals surface area contributed by atoms with Gasteiger partial charge in [0.1, 0.15) is 11.1 Å². The Labute approximate surface area is 179 Å². The average molecular weight is 460 g/mol. The van der Waals surface area contributed by atoms with E-state index in [-0.39, 0.29) is 39.3 Å². The summed E-state index contributed by atoms with van der Waals surface area (Å²) in [6.45, 7) is 0.261. The summed E-state index contributed by atoms with van der Waals surface area (Å²) in [5.74, 6) is 0.409. The van der Waals surface area contributed by atoms with Gasteiger partial charge >= 0.3 is 0 Å². The molecule has 0 saturated carbocycles. The number of nitrogens with one attached hydrogen (secondary N) is 2. The number of amides is 1. The molecule has 0 bridgehead atoms. The highest BCUT2D eigenvalue weighted by Crippen LogP contribution is 2.19. The van der Waals surface area contributed by atoms with Gasteiger partial charge in [-0.3, -0.25) is 9.59 Å². The molecule has 31 heavy (non-hydrogen) atoms. The van der Waals surface area contributed by atoms with Crippen molar-refractivity contribution in [2.24, 2.45) is 5.14 Å². The van der Waals surface area contributed by atoms with Crippen LogP contribution in [0.25, 0.3) is 16.7 Å². The number of thioether (sulfide) groups is 1. The maximum absolute atomic E-state index is 12.4. The Bertz CT molecular complexity index is 1390. The van der Waals surface area contributed by atoms with Gasteiger partial charge in [-0.05, 0) is 36.4 Å². The van der Waals surface area contributed by atoms with Gasteiger partial charge in [-0.2, -0.15) is 5.10 Å². The van der Waals surface area contributed by atoms with Gasteiger partial charge in [0.2, 0.25) is 15.9 Å². The molecule has 160 valence electrons. The molecule has 1 aromatic carbocycles. The van der Waals surface area contributed by atoms with E-state index in [4.69, 9.17) is 9.56 Å². The zero-order valence-corrected chi connectivity index (χ0v) is 17.4. The molecule has 0 fully saturated rings. The summed E-state index contributed by atoms with van der Waals surface area (Å²) in [6, 6.07) is 9.16. The minimum Gasteiger partial charge on any atom is -0.467 e. The minimum atomic E-state index is -3.83. The summed E-state index contributed by atoms with van der Waals surface area (Å²) in [5.41, 5.74) is 0.356. The zero-order valence-electron chi connectivity index (χ0n) is 15.8. The van der Waals surface area contributed by atoms with Crippen molar-refractivity contribution >= 4 is 38.7 Å². The van der Waals surface area contributed by atoms with Crippen molar-refractivity contribution < 1.29 is 17.6 Å². The van der Waals surface area contributed by atoms with Gasteiger partial charge in [-0.15, -0.1) is 0 Å². The van der Waals surface area contributed by atoms with E-state index >= 15 is 0 Å². The predicted octanol–water partition coefficient (Wildman–Crippen LogP) is 0.758. The first-order chi connectivity index (χ1) is 14.8. The molecule has 0 atom stereocenters. The number of aromatic amines is 1. The SMILES string of the molecule is NS(=O)(=O)c1ccc(-n2ncc3c(=O)[nH]c(SCC(=O)NCc4ccco4)nc32)cc1. The number of nitrogens with zero attached hydrogens (tertiary/aromatic N) is 3. The van der Waals surface area contributed by atoms with Gasteiger partial charge in [0.05, 0.1) is 35.3 Å². The Hall–Kier alpha value is -3.42. The third-order valence-electron chi connectivity index (χ3n) is 4.21. The first-order valence-electron chi connectivity index (χ1n) is 8.84. The second-order valence-electron chi connectivity index (χ2n) is 6.35. The van der Waals surface area contributed by atoms with E-state index in [1.54, 1.807) is 12.1 Å². The lowest BCUT2D eigenvalue weighted by Gasteiger charge is -2.06. The molecule has 0 spiro atoms. The number of aromatic nitrogens is 4. The topological polar surface area (TPSA) is 166 Å². The number of hydrogen-bond donors (Lipinski definition) is 3. The zero-order chi connectivity index (χ0) is 22.0. The number of nitrogens with two attached hydrogens (primary N) is 1. The number of benzene rings is 1. The Kier molecular flexibility index (Phi) is 5.63. The highest BCUT2D eigenvalue weighted by Gasteiger charge is 2.14. The summed E-state index contributed by atoms with van der Waals surface area (Å²) in [6.07, 6.45) is 2.88. The fourth-order valence-electron chi connectivity index (χ4n) is 2.72. The molecule has 0 radical (unpaired) electrons. The third-order valence-corrected chi connectivity index (χ3v) is 6.01. The molecule has 11 nitrogen and oxygen atoms in total. The van der Waals surface area contributed by atoms with Crippen LogP contribution in [0.1, 0.15) is 5.76 Å². The molecule has 3 aromatic heterocycles. The largest absolute Gasteiger partial charge is 0.467 e. The number of primary sulfonamides is 1. The van der Waals surface area contributed by atoms with Crippen LogP contribution in [0.4, 0.5) is 0 Å². The smallest absolute Gasteiger partial charge is 0.262 e. The second-order valence-corrected chi connectivity index (χ2v) is 8.87. The summed E-state index contributed by atoms with van der Waals surface area (Å²) in [7, 11) is -3.83. The summed E-state index contributed by atoms with van der Waals surface area (Å²) >= 11 is 1.06. The van der Waals surface area contributed by atoms with Crippen LogP contribution >= 0.6 is 11.8 Å². The van der Waals surface area contributed by atoms with Crippen LogP contribution in [-0.4, -0.2) is 39.8 Å². The molecule has 0 aliphatic carbocycles. The van der Waals surface area contributed by atoms with E-state index < -0.39 is 15.6 Å². The Morgan fingerprint density at radius 1 is 1.26 bits per heavy atom. The van der Waals surface area contributed by atoms with E-state index in [1.807, 2.05) is 0 Å². The van der Waals surface area contributed by atoms with E-state index in [9.17, 15) is 18.0 Å². The number of hydrogen-bond acceptors (Lipinski definition) is 8. The van der Waals surface area contributed by atoms with E-state index in [2.05, 4.69) is 20.4 Å². The fourth-order valence-corrected chi connectivity index (χ4v) is 3.92. The molecule has 0 unspecified atom stereocenters. The quantitative estimate of drug-likeness (QED) is 0.268. The molecule has 4 aromatic rings. The van der Waals surface area contributed by atoms with Gasteiger partial charge in [-0.1, -0.05) is 11.8 Å². The first-order valence-corrected chi connectivity index (χ1v) is 11.4. The molecular formula is C18H16N6O5S2. The monoisotopic (exact) mass is 460 g/mol. The third kappa shape index (κ3) is 4.68. The number of fused-ring (bicyclic) bond motifs is 1. The molecule has 4 rings (SSSR count). The van der Waals surface area contributed by atoms with Gasteiger partial charge in [0, 0.05) is 0 Å². The molecule has 3 heterocycles. The number of sulfonamides is 1. The van der Waals surface area contributed by atoms with Crippen molar-refractivity contribution in [1.82, 2.24) is 25.1 Å². The maximum Gasteiger partial charge on any atom is 0.262 e. The molecule has 1 amide bonds. The molecular weight excluding hydrogens is 444 g/mol. The molecule has 0 saturated heterocycles. The number of rotatable bonds is 7. The van der Waals surface area contributed by atoms with Crippen molar-refractivity contribution in [1.29, 1.82) is 0 Å². The normalized spacial score (nSPS) is 11.6. The Morgan fingerprint density at radius 2 is 2.03 bits per heavy atom. The average Bonchev–Trinajstić information content (AvgIpc) is 3.40. The Morgan fingerprint density at radius 3 is 2.71 bits per heavy atom. The lowest BCUT2D eigenvalue weighted by atomic mass is 10.3. The van der Waals surface area contributed by atoms with Crippen LogP contribution < -0.4 is 16.0 Å². The van der Waals surface area contributed by atoms with Crippen molar-refractivity contribution in [3.8, 4) is 5.69 Å². The van der Waals surface area contributed by atoms with Crippen LogP contribution in [0.15, 0.2) is 68.1 Å². The van der Waals surface area contributed by atoms with Gasteiger partial charge in [-0.25, -0.2) is 23.2 Å². The highest BCUT2D eigenvalue weighted by atomic mass is 32.2. The number of carbonyl (C=O) groups is 1. The highest BCUT2D eigenvalue weighted by molar-refractivity contribution is 7.99. The van der Waals surface area contributed by atoms with E-state index in [0.29, 0.717) is 11.4 Å². The van der Waals surface area contributed by atoms with Gasteiger partial charge in [0.15, 0.2) is 10.8 Å². The van der Waals surface area contributed by atoms with Crippen LogP contribution in [0.2, 0.25) is 0 Å². The Balaban J connectivity index is 1.53. The molecule has 4 N–H and O–H groups in total.